The van der Waals surface area contributed by atoms with E-state index in [0.717, 1.165) is 5.56 Å². The van der Waals surface area contributed by atoms with Crippen LogP contribution in [0.3, 0.4) is 0 Å². The van der Waals surface area contributed by atoms with E-state index in [1.165, 1.54) is 17.4 Å². The number of urea groups is 1. The highest BCUT2D eigenvalue weighted by Gasteiger charge is 2.26. The Bertz CT molecular complexity index is 1450. The second-order valence-electron chi connectivity index (χ2n) is 10.5. The van der Waals surface area contributed by atoms with Gasteiger partial charge in [0.05, 0.1) is 9.77 Å². The SMILES string of the molecule is CC(CCC(C)OC(=O)Cl)NC(=O)Nc1ccc(-c2ncc(-c3ccc(N)cc3S(=O)(=O)NC(C)(C)C)s2)cc1. The molecule has 1 heterocycles. The van der Waals surface area contributed by atoms with Crippen LogP contribution in [0.2, 0.25) is 0 Å². The lowest BCUT2D eigenvalue weighted by atomic mass is 10.1. The summed E-state index contributed by atoms with van der Waals surface area (Å²) >= 11 is 6.57. The minimum atomic E-state index is -3.84. The van der Waals surface area contributed by atoms with Gasteiger partial charge in [-0.3, -0.25) is 0 Å². The normalized spacial score (nSPS) is 13.3. The maximum atomic E-state index is 13.1. The van der Waals surface area contributed by atoms with Crippen molar-refractivity contribution in [2.75, 3.05) is 11.1 Å². The molecule has 1 aromatic heterocycles. The summed E-state index contributed by atoms with van der Waals surface area (Å²) in [6.07, 6.45) is 2.46. The standard InChI is InChI=1S/C27H34ClN5O5S2/c1-16(6-7-17(2)38-25(28)34)31-26(35)32-20-11-8-18(9-12-20)24-30-15-22(39-24)21-13-10-19(29)14-23(21)40(36,37)33-27(3,4)5/h8-17,33H,6-7,29H2,1-5H3,(H2,31,32,35). The maximum Gasteiger partial charge on any atom is 0.404 e. The highest BCUT2D eigenvalue weighted by atomic mass is 35.5. The van der Waals surface area contributed by atoms with E-state index in [1.807, 2.05) is 19.1 Å². The molecular formula is C27H34ClN5O5S2. The van der Waals surface area contributed by atoms with E-state index < -0.39 is 21.0 Å². The van der Waals surface area contributed by atoms with Gasteiger partial charge in [-0.1, -0.05) is 6.07 Å². The summed E-state index contributed by atoms with van der Waals surface area (Å²) in [5, 5.41) is 6.32. The summed E-state index contributed by atoms with van der Waals surface area (Å²) in [7, 11) is -3.84. The Labute approximate surface area is 243 Å². The van der Waals surface area contributed by atoms with E-state index in [-0.39, 0.29) is 23.1 Å². The third-order valence-electron chi connectivity index (χ3n) is 5.57. The van der Waals surface area contributed by atoms with E-state index in [0.29, 0.717) is 39.7 Å². The topological polar surface area (TPSA) is 153 Å². The van der Waals surface area contributed by atoms with Crippen LogP contribution in [0, 0.1) is 0 Å². The summed E-state index contributed by atoms with van der Waals surface area (Å²) in [6.45, 7) is 8.91. The minimum absolute atomic E-state index is 0.0898. The number of nitrogens with one attached hydrogen (secondary N) is 3. The van der Waals surface area contributed by atoms with Gasteiger partial charge in [-0.25, -0.2) is 27.7 Å². The first-order valence-corrected chi connectivity index (χ1v) is 15.2. The zero-order valence-corrected chi connectivity index (χ0v) is 25.3. The zero-order chi connectivity index (χ0) is 29.7. The number of anilines is 2. The van der Waals surface area contributed by atoms with E-state index in [1.54, 1.807) is 58.2 Å². The first-order chi connectivity index (χ1) is 18.6. The molecule has 0 aliphatic rings. The monoisotopic (exact) mass is 607 g/mol. The van der Waals surface area contributed by atoms with Gasteiger partial charge in [0.15, 0.2) is 0 Å². The molecule has 2 unspecified atom stereocenters. The summed E-state index contributed by atoms with van der Waals surface area (Å²) in [4.78, 5) is 28.4. The number of halogens is 1. The lowest BCUT2D eigenvalue weighted by Gasteiger charge is -2.21. The average Bonchev–Trinajstić information content (AvgIpc) is 3.31. The van der Waals surface area contributed by atoms with E-state index >= 15 is 0 Å². The van der Waals surface area contributed by atoms with Crippen LogP contribution in [-0.4, -0.2) is 42.5 Å². The number of amides is 2. The van der Waals surface area contributed by atoms with Crippen molar-refractivity contribution in [1.29, 1.82) is 0 Å². The number of nitrogen functional groups attached to an aromatic ring is 1. The van der Waals surface area contributed by atoms with Crippen LogP contribution in [0.5, 0.6) is 0 Å². The molecule has 2 atom stereocenters. The van der Waals surface area contributed by atoms with Crippen LogP contribution in [0.4, 0.5) is 21.0 Å². The second-order valence-corrected chi connectivity index (χ2v) is 13.5. The summed E-state index contributed by atoms with van der Waals surface area (Å²) in [6, 6.07) is 11.4. The smallest absolute Gasteiger partial charge is 0.404 e. The van der Waals surface area contributed by atoms with Crippen LogP contribution in [0.25, 0.3) is 21.0 Å². The number of benzene rings is 2. The van der Waals surface area contributed by atoms with Crippen molar-refractivity contribution < 1.29 is 22.7 Å². The van der Waals surface area contributed by atoms with Crippen LogP contribution >= 0.6 is 22.9 Å². The number of carbonyl (C=O) groups is 2. The maximum absolute atomic E-state index is 13.1. The quantitative estimate of drug-likeness (QED) is 0.158. The molecule has 0 saturated carbocycles. The molecule has 5 N–H and O–H groups in total. The zero-order valence-electron chi connectivity index (χ0n) is 22.9. The lowest BCUT2D eigenvalue weighted by molar-refractivity contribution is 0.123. The van der Waals surface area contributed by atoms with Gasteiger partial charge in [0, 0.05) is 51.9 Å². The fourth-order valence-corrected chi connectivity index (χ4v) is 6.67. The van der Waals surface area contributed by atoms with Crippen molar-refractivity contribution in [1.82, 2.24) is 15.0 Å². The highest BCUT2D eigenvalue weighted by molar-refractivity contribution is 7.89. The molecule has 3 aromatic rings. The molecule has 0 saturated heterocycles. The first kappa shape index (κ1) is 31.3. The van der Waals surface area contributed by atoms with Crippen LogP contribution in [0.1, 0.15) is 47.5 Å². The van der Waals surface area contributed by atoms with E-state index in [9.17, 15) is 18.0 Å². The number of ether oxygens (including phenoxy) is 1. The fourth-order valence-electron chi connectivity index (χ4n) is 3.82. The fraction of sp³-hybridized carbons (Fsp3) is 0.370. The Balaban J connectivity index is 1.68. The van der Waals surface area contributed by atoms with Crippen molar-refractivity contribution in [3.63, 3.8) is 0 Å². The van der Waals surface area contributed by atoms with Gasteiger partial charge < -0.3 is 21.1 Å². The average molecular weight is 608 g/mol. The predicted molar refractivity (Wildman–Crippen MR) is 160 cm³/mol. The molecule has 0 fully saturated rings. The van der Waals surface area contributed by atoms with Gasteiger partial charge in [0.2, 0.25) is 10.0 Å². The van der Waals surface area contributed by atoms with Crippen molar-refractivity contribution in [2.24, 2.45) is 0 Å². The number of thiazole rings is 1. The molecule has 0 bridgehead atoms. The number of nitrogens with two attached hydrogens (primary N) is 1. The van der Waals surface area contributed by atoms with Gasteiger partial charge in [-0.05, 0) is 83.9 Å². The predicted octanol–water partition coefficient (Wildman–Crippen LogP) is 6.19. The molecule has 40 heavy (non-hydrogen) atoms. The number of nitrogens with zero attached hydrogens (tertiary/aromatic N) is 1. The Morgan fingerprint density at radius 3 is 2.40 bits per heavy atom. The third kappa shape index (κ3) is 9.19. The molecule has 0 radical (unpaired) electrons. The lowest BCUT2D eigenvalue weighted by Crippen LogP contribution is -2.40. The Morgan fingerprint density at radius 2 is 1.77 bits per heavy atom. The van der Waals surface area contributed by atoms with Gasteiger partial charge >= 0.3 is 11.5 Å². The molecular weight excluding hydrogens is 574 g/mol. The largest absolute Gasteiger partial charge is 0.451 e. The van der Waals surface area contributed by atoms with Crippen molar-refractivity contribution in [3.05, 3.63) is 48.7 Å². The molecule has 2 aromatic carbocycles. The van der Waals surface area contributed by atoms with Gasteiger partial charge in [-0.15, -0.1) is 11.3 Å². The third-order valence-corrected chi connectivity index (χ3v) is 8.54. The van der Waals surface area contributed by atoms with E-state index in [4.69, 9.17) is 22.1 Å². The Morgan fingerprint density at radius 1 is 1.10 bits per heavy atom. The molecule has 13 heteroatoms. The summed E-state index contributed by atoms with van der Waals surface area (Å²) in [5.41, 5.74) is 6.67. The highest BCUT2D eigenvalue weighted by Crippen LogP contribution is 2.37. The Kier molecular flexibility index (Phi) is 10.2. The second kappa shape index (κ2) is 13.0. The number of carbonyl (C=O) groups excluding carboxylic acids is 2. The molecule has 3 rings (SSSR count). The number of sulfonamides is 1. The van der Waals surface area contributed by atoms with Gasteiger partial charge in [0.1, 0.15) is 11.1 Å². The molecule has 216 valence electrons. The molecule has 0 aliphatic carbocycles. The van der Waals surface area contributed by atoms with Gasteiger partial charge in [0.25, 0.3) is 0 Å². The van der Waals surface area contributed by atoms with Crippen LogP contribution < -0.4 is 21.1 Å². The number of hydrogen-bond donors (Lipinski definition) is 4. The molecule has 0 aliphatic heterocycles. The minimum Gasteiger partial charge on any atom is -0.451 e. The van der Waals surface area contributed by atoms with Crippen LogP contribution in [-0.2, 0) is 14.8 Å². The molecule has 10 nitrogen and oxygen atoms in total. The number of hydrogen-bond acceptors (Lipinski definition) is 8. The number of aromatic nitrogens is 1. The summed E-state index contributed by atoms with van der Waals surface area (Å²) < 4.78 is 33.8. The van der Waals surface area contributed by atoms with Crippen molar-refractivity contribution >= 4 is 55.8 Å². The Hall–Kier alpha value is -3.19. The van der Waals surface area contributed by atoms with Gasteiger partial charge in [-0.2, -0.15) is 0 Å². The van der Waals surface area contributed by atoms with Crippen molar-refractivity contribution in [3.8, 4) is 21.0 Å². The molecule has 2 amide bonds. The number of rotatable bonds is 10. The van der Waals surface area contributed by atoms with Crippen LogP contribution in [0.15, 0.2) is 53.6 Å². The van der Waals surface area contributed by atoms with E-state index in [2.05, 4.69) is 20.3 Å². The summed E-state index contributed by atoms with van der Waals surface area (Å²) in [5.74, 6) is 0. The molecule has 0 spiro atoms. The van der Waals surface area contributed by atoms with Crippen molar-refractivity contribution in [2.45, 2.75) is 70.0 Å². The first-order valence-electron chi connectivity index (χ1n) is 12.6.